The van der Waals surface area contributed by atoms with Crippen molar-refractivity contribution in [1.29, 1.82) is 5.26 Å². The molecule has 1 aliphatic heterocycles. The molecule has 0 radical (unpaired) electrons. The molecule has 1 heterocycles. The molecule has 1 atom stereocenters. The SMILES string of the molecule is CC(C)(O)Cc1ccc(-c2cc(C#N)c(F)cc2-c2cccc(C(=O)N3CC[C@H](N)C3)c2)c(F)c1. The van der Waals surface area contributed by atoms with E-state index in [1.807, 2.05) is 6.07 Å². The molecule has 0 spiro atoms. The van der Waals surface area contributed by atoms with E-state index >= 15 is 4.39 Å². The maximum atomic E-state index is 15.3. The maximum Gasteiger partial charge on any atom is 0.253 e. The maximum absolute atomic E-state index is 15.3. The number of rotatable bonds is 5. The molecule has 180 valence electrons. The van der Waals surface area contributed by atoms with E-state index in [9.17, 15) is 19.6 Å². The van der Waals surface area contributed by atoms with Crippen LogP contribution >= 0.6 is 0 Å². The highest BCUT2D eigenvalue weighted by Crippen LogP contribution is 2.36. The van der Waals surface area contributed by atoms with Crippen molar-refractivity contribution in [1.82, 2.24) is 4.90 Å². The van der Waals surface area contributed by atoms with E-state index in [1.54, 1.807) is 55.1 Å². The number of hydrogen-bond acceptors (Lipinski definition) is 4. The molecule has 0 saturated carbocycles. The standard InChI is InChI=1S/C28H27F2N3O2/c1-28(2,35)14-17-6-7-22(26(30)10-17)24-12-20(15-31)25(29)13-23(24)18-4-3-5-19(11-18)27(34)33-9-8-21(32)16-33/h3-7,10-13,21,35H,8-9,14,16,32H2,1-2H3/t21-/m0/s1. The van der Waals surface area contributed by atoms with Crippen LogP contribution in [0.4, 0.5) is 8.78 Å². The highest BCUT2D eigenvalue weighted by Gasteiger charge is 2.25. The zero-order valence-corrected chi connectivity index (χ0v) is 19.7. The quantitative estimate of drug-likeness (QED) is 0.562. The van der Waals surface area contributed by atoms with Crippen LogP contribution in [0.5, 0.6) is 0 Å². The summed E-state index contributed by atoms with van der Waals surface area (Å²) < 4.78 is 30.0. The predicted octanol–water partition coefficient (Wildman–Crippen LogP) is 4.66. The number of benzene rings is 3. The summed E-state index contributed by atoms with van der Waals surface area (Å²) in [6, 6.07) is 15.6. The normalized spacial score (nSPS) is 15.8. The van der Waals surface area contributed by atoms with E-state index in [0.717, 1.165) is 6.42 Å². The first-order valence-electron chi connectivity index (χ1n) is 11.5. The van der Waals surface area contributed by atoms with Crippen molar-refractivity contribution >= 4 is 5.91 Å². The minimum atomic E-state index is -1.00. The van der Waals surface area contributed by atoms with Gasteiger partial charge in [-0.05, 0) is 72.9 Å². The zero-order valence-electron chi connectivity index (χ0n) is 19.7. The summed E-state index contributed by atoms with van der Waals surface area (Å²) in [5.41, 5.74) is 7.18. The summed E-state index contributed by atoms with van der Waals surface area (Å²) in [4.78, 5) is 14.7. The Hall–Kier alpha value is -3.60. The van der Waals surface area contributed by atoms with E-state index in [2.05, 4.69) is 0 Å². The van der Waals surface area contributed by atoms with Gasteiger partial charge in [0.15, 0.2) is 0 Å². The smallest absolute Gasteiger partial charge is 0.253 e. The lowest BCUT2D eigenvalue weighted by Crippen LogP contribution is -2.31. The van der Waals surface area contributed by atoms with Crippen LogP contribution in [0, 0.1) is 23.0 Å². The van der Waals surface area contributed by atoms with Gasteiger partial charge in [-0.2, -0.15) is 5.26 Å². The van der Waals surface area contributed by atoms with Gasteiger partial charge in [0.25, 0.3) is 5.91 Å². The fourth-order valence-electron chi connectivity index (χ4n) is 4.48. The molecule has 3 aromatic rings. The average molecular weight is 476 g/mol. The number of hydrogen-bond donors (Lipinski definition) is 2. The number of nitrogens with two attached hydrogens (primary N) is 1. The molecule has 5 nitrogen and oxygen atoms in total. The number of halogens is 2. The Bertz CT molecular complexity index is 1320. The monoisotopic (exact) mass is 475 g/mol. The molecule has 35 heavy (non-hydrogen) atoms. The van der Waals surface area contributed by atoms with Gasteiger partial charge >= 0.3 is 0 Å². The third-order valence-electron chi connectivity index (χ3n) is 6.12. The number of nitriles is 1. The van der Waals surface area contributed by atoms with Gasteiger partial charge in [-0.3, -0.25) is 4.79 Å². The molecule has 1 aliphatic rings. The molecule has 0 aromatic heterocycles. The van der Waals surface area contributed by atoms with E-state index in [4.69, 9.17) is 5.73 Å². The number of carbonyl (C=O) groups excluding carboxylic acids is 1. The zero-order chi connectivity index (χ0) is 25.3. The van der Waals surface area contributed by atoms with Crippen LogP contribution in [0.2, 0.25) is 0 Å². The van der Waals surface area contributed by atoms with Crippen molar-refractivity contribution in [2.75, 3.05) is 13.1 Å². The van der Waals surface area contributed by atoms with Crippen LogP contribution in [0.1, 0.15) is 41.8 Å². The summed E-state index contributed by atoms with van der Waals surface area (Å²) in [5.74, 6) is -1.45. The lowest BCUT2D eigenvalue weighted by Gasteiger charge is -2.19. The van der Waals surface area contributed by atoms with Crippen LogP contribution in [-0.2, 0) is 6.42 Å². The lowest BCUT2D eigenvalue weighted by atomic mass is 9.90. The Morgan fingerprint density at radius 1 is 1.11 bits per heavy atom. The second-order valence-electron chi connectivity index (χ2n) is 9.67. The Morgan fingerprint density at radius 3 is 2.51 bits per heavy atom. The third-order valence-corrected chi connectivity index (χ3v) is 6.12. The van der Waals surface area contributed by atoms with Crippen LogP contribution in [-0.4, -0.2) is 40.6 Å². The molecule has 3 aromatic carbocycles. The van der Waals surface area contributed by atoms with Crippen molar-refractivity contribution in [3.8, 4) is 28.3 Å². The Balaban J connectivity index is 1.79. The number of amides is 1. The van der Waals surface area contributed by atoms with Gasteiger partial charge in [-0.25, -0.2) is 8.78 Å². The number of likely N-dealkylation sites (tertiary alicyclic amines) is 1. The minimum Gasteiger partial charge on any atom is -0.390 e. The first-order chi connectivity index (χ1) is 16.6. The molecular weight excluding hydrogens is 448 g/mol. The summed E-state index contributed by atoms with van der Waals surface area (Å²) in [6.45, 7) is 4.32. The van der Waals surface area contributed by atoms with E-state index < -0.39 is 17.2 Å². The molecule has 7 heteroatoms. The van der Waals surface area contributed by atoms with Gasteiger partial charge in [-0.15, -0.1) is 0 Å². The fraction of sp³-hybridized carbons (Fsp3) is 0.286. The molecule has 1 amide bonds. The van der Waals surface area contributed by atoms with E-state index in [1.165, 1.54) is 18.2 Å². The van der Waals surface area contributed by atoms with Crippen LogP contribution in [0.25, 0.3) is 22.3 Å². The fourth-order valence-corrected chi connectivity index (χ4v) is 4.48. The van der Waals surface area contributed by atoms with Gasteiger partial charge in [-0.1, -0.05) is 24.3 Å². The molecule has 0 aliphatic carbocycles. The summed E-state index contributed by atoms with van der Waals surface area (Å²) in [7, 11) is 0. The van der Waals surface area contributed by atoms with Gasteiger partial charge in [0, 0.05) is 36.7 Å². The molecule has 1 saturated heterocycles. The summed E-state index contributed by atoms with van der Waals surface area (Å²) >= 11 is 0. The van der Waals surface area contributed by atoms with Gasteiger partial charge in [0.2, 0.25) is 0 Å². The topological polar surface area (TPSA) is 90.3 Å². The molecule has 3 N–H and O–H groups in total. The third kappa shape index (κ3) is 5.40. The summed E-state index contributed by atoms with van der Waals surface area (Å²) in [5, 5.41) is 19.4. The van der Waals surface area contributed by atoms with E-state index in [0.29, 0.717) is 40.9 Å². The van der Waals surface area contributed by atoms with Gasteiger partial charge in [0.05, 0.1) is 11.2 Å². The molecule has 0 bridgehead atoms. The Morgan fingerprint density at radius 2 is 1.89 bits per heavy atom. The van der Waals surface area contributed by atoms with Crippen LogP contribution in [0.3, 0.4) is 0 Å². The molecular formula is C28H27F2N3O2. The second kappa shape index (κ2) is 9.57. The van der Waals surface area contributed by atoms with Crippen molar-refractivity contribution in [2.24, 2.45) is 5.73 Å². The van der Waals surface area contributed by atoms with Gasteiger partial charge < -0.3 is 15.7 Å². The predicted molar refractivity (Wildman–Crippen MR) is 130 cm³/mol. The van der Waals surface area contributed by atoms with Crippen LogP contribution < -0.4 is 5.73 Å². The number of carbonyl (C=O) groups is 1. The minimum absolute atomic E-state index is 0.0521. The average Bonchev–Trinajstić information content (AvgIpc) is 3.24. The van der Waals surface area contributed by atoms with Gasteiger partial charge in [0.1, 0.15) is 17.7 Å². The van der Waals surface area contributed by atoms with E-state index in [-0.39, 0.29) is 29.5 Å². The molecule has 0 unspecified atom stereocenters. The van der Waals surface area contributed by atoms with Crippen molar-refractivity contribution in [2.45, 2.75) is 38.3 Å². The Kier molecular flexibility index (Phi) is 6.70. The molecule has 1 fully saturated rings. The van der Waals surface area contributed by atoms with Crippen LogP contribution in [0.15, 0.2) is 54.6 Å². The highest BCUT2D eigenvalue weighted by atomic mass is 19.1. The van der Waals surface area contributed by atoms with Crippen molar-refractivity contribution in [3.63, 3.8) is 0 Å². The number of nitrogens with zero attached hydrogens (tertiary/aromatic N) is 2. The molecule has 4 rings (SSSR count). The second-order valence-corrected chi connectivity index (χ2v) is 9.67. The first-order valence-corrected chi connectivity index (χ1v) is 11.5. The lowest BCUT2D eigenvalue weighted by molar-refractivity contribution is 0.0788. The van der Waals surface area contributed by atoms with Crippen molar-refractivity contribution in [3.05, 3.63) is 82.9 Å². The number of aliphatic hydroxyl groups is 1. The Labute approximate surface area is 203 Å². The van der Waals surface area contributed by atoms with Crippen molar-refractivity contribution < 1.29 is 18.7 Å². The highest BCUT2D eigenvalue weighted by molar-refractivity contribution is 5.96. The largest absolute Gasteiger partial charge is 0.390 e. The summed E-state index contributed by atoms with van der Waals surface area (Å²) in [6.07, 6.45) is 0.993. The first kappa shape index (κ1) is 24.5.